The summed E-state index contributed by atoms with van der Waals surface area (Å²) >= 11 is 0. The Balaban J connectivity index is 1.85. The number of hydrogen-bond donors (Lipinski definition) is 1. The average molecular weight is 235 g/mol. The number of likely N-dealkylation sites (tertiary alicyclic amines) is 1. The van der Waals surface area contributed by atoms with Crippen LogP contribution in [0, 0.1) is 5.92 Å². The second-order valence-corrected chi connectivity index (χ2v) is 4.29. The van der Waals surface area contributed by atoms with Crippen LogP contribution in [0.2, 0.25) is 0 Å². The third kappa shape index (κ3) is 3.20. The van der Waals surface area contributed by atoms with Crippen LogP contribution < -0.4 is 4.74 Å². The molecule has 0 aliphatic carbocycles. The number of carbonyl (C=O) groups excluding carboxylic acids is 1. The molecule has 92 valence electrons. The minimum atomic E-state index is -0.299. The highest BCUT2D eigenvalue weighted by Crippen LogP contribution is 2.18. The van der Waals surface area contributed by atoms with Gasteiger partial charge in [0.2, 0.25) is 0 Å². The molecular formula is C13H17NO3. The molecule has 2 rings (SSSR count). The zero-order valence-corrected chi connectivity index (χ0v) is 9.71. The van der Waals surface area contributed by atoms with Crippen molar-refractivity contribution in [1.82, 2.24) is 4.90 Å². The molecule has 0 unspecified atom stereocenters. The first-order valence-electron chi connectivity index (χ1n) is 5.92. The predicted octanol–water partition coefficient (Wildman–Crippen LogP) is 1.89. The second kappa shape index (κ2) is 5.68. The number of rotatable bonds is 2. The molecule has 1 fully saturated rings. The average Bonchev–Trinajstić information content (AvgIpc) is 2.40. The number of ether oxygens (including phenoxy) is 1. The fraction of sp³-hybridized carbons (Fsp3) is 0.462. The molecule has 1 saturated heterocycles. The molecule has 1 heterocycles. The van der Waals surface area contributed by atoms with Gasteiger partial charge in [0.1, 0.15) is 5.75 Å². The van der Waals surface area contributed by atoms with E-state index in [0.29, 0.717) is 24.8 Å². The van der Waals surface area contributed by atoms with Gasteiger partial charge >= 0.3 is 6.09 Å². The zero-order valence-electron chi connectivity index (χ0n) is 9.71. The van der Waals surface area contributed by atoms with Crippen LogP contribution in [-0.4, -0.2) is 35.8 Å². The summed E-state index contributed by atoms with van der Waals surface area (Å²) < 4.78 is 5.25. The fourth-order valence-electron chi connectivity index (χ4n) is 1.95. The van der Waals surface area contributed by atoms with E-state index in [-0.39, 0.29) is 12.7 Å². The van der Waals surface area contributed by atoms with Crippen LogP contribution >= 0.6 is 0 Å². The molecule has 0 saturated carbocycles. The van der Waals surface area contributed by atoms with Crippen molar-refractivity contribution in [2.24, 2.45) is 5.92 Å². The summed E-state index contributed by atoms with van der Waals surface area (Å²) in [5, 5.41) is 9.02. The van der Waals surface area contributed by atoms with Crippen molar-refractivity contribution < 1.29 is 14.6 Å². The van der Waals surface area contributed by atoms with Gasteiger partial charge in [0.15, 0.2) is 0 Å². The van der Waals surface area contributed by atoms with Gasteiger partial charge in [0.25, 0.3) is 0 Å². The molecule has 1 aliphatic heterocycles. The van der Waals surface area contributed by atoms with Gasteiger partial charge in [-0.2, -0.15) is 0 Å². The van der Waals surface area contributed by atoms with Gasteiger partial charge in [-0.05, 0) is 30.9 Å². The molecule has 0 bridgehead atoms. The van der Waals surface area contributed by atoms with E-state index in [1.54, 1.807) is 17.0 Å². The Morgan fingerprint density at radius 1 is 1.29 bits per heavy atom. The van der Waals surface area contributed by atoms with E-state index in [0.717, 1.165) is 12.8 Å². The molecule has 1 N–H and O–H groups in total. The van der Waals surface area contributed by atoms with Crippen LogP contribution in [-0.2, 0) is 0 Å². The topological polar surface area (TPSA) is 49.8 Å². The zero-order chi connectivity index (χ0) is 12.1. The number of carbonyl (C=O) groups is 1. The van der Waals surface area contributed by atoms with E-state index in [9.17, 15) is 4.79 Å². The van der Waals surface area contributed by atoms with Crippen LogP contribution in [0.25, 0.3) is 0 Å². The lowest BCUT2D eigenvalue weighted by Gasteiger charge is -2.30. The molecule has 1 aromatic carbocycles. The molecule has 17 heavy (non-hydrogen) atoms. The number of benzene rings is 1. The lowest BCUT2D eigenvalue weighted by Crippen LogP contribution is -2.40. The number of nitrogens with zero attached hydrogens (tertiary/aromatic N) is 1. The maximum absolute atomic E-state index is 11.8. The molecule has 0 radical (unpaired) electrons. The quantitative estimate of drug-likeness (QED) is 0.851. The van der Waals surface area contributed by atoms with E-state index in [1.807, 2.05) is 18.2 Å². The van der Waals surface area contributed by atoms with E-state index < -0.39 is 0 Å². The first kappa shape index (κ1) is 11.9. The molecule has 1 amide bonds. The Kier molecular flexibility index (Phi) is 3.98. The summed E-state index contributed by atoms with van der Waals surface area (Å²) in [6.07, 6.45) is 1.40. The smallest absolute Gasteiger partial charge is 0.410 e. The second-order valence-electron chi connectivity index (χ2n) is 4.29. The van der Waals surface area contributed by atoms with E-state index >= 15 is 0 Å². The molecule has 1 aromatic rings. The number of piperidine rings is 1. The van der Waals surface area contributed by atoms with E-state index in [4.69, 9.17) is 9.84 Å². The number of amides is 1. The van der Waals surface area contributed by atoms with Crippen molar-refractivity contribution in [2.45, 2.75) is 12.8 Å². The molecule has 0 spiro atoms. The van der Waals surface area contributed by atoms with Crippen molar-refractivity contribution in [1.29, 1.82) is 0 Å². The first-order chi connectivity index (χ1) is 8.29. The fourth-order valence-corrected chi connectivity index (χ4v) is 1.95. The van der Waals surface area contributed by atoms with E-state index in [1.165, 1.54) is 0 Å². The van der Waals surface area contributed by atoms with Gasteiger partial charge in [-0.1, -0.05) is 18.2 Å². The van der Waals surface area contributed by atoms with Crippen LogP contribution in [0.5, 0.6) is 5.75 Å². The van der Waals surface area contributed by atoms with E-state index in [2.05, 4.69) is 0 Å². The monoisotopic (exact) mass is 235 g/mol. The maximum atomic E-state index is 11.8. The standard InChI is InChI=1S/C13H17NO3/c15-10-11-6-8-14(9-7-11)13(16)17-12-4-2-1-3-5-12/h1-5,11,15H,6-10H2. The van der Waals surface area contributed by atoms with Crippen molar-refractivity contribution in [2.75, 3.05) is 19.7 Å². The van der Waals surface area contributed by atoms with Gasteiger partial charge in [-0.25, -0.2) is 4.79 Å². The Morgan fingerprint density at radius 2 is 1.94 bits per heavy atom. The Morgan fingerprint density at radius 3 is 2.53 bits per heavy atom. The van der Waals surface area contributed by atoms with Crippen LogP contribution in [0.15, 0.2) is 30.3 Å². The minimum absolute atomic E-state index is 0.210. The summed E-state index contributed by atoms with van der Waals surface area (Å²) in [4.78, 5) is 13.5. The highest BCUT2D eigenvalue weighted by Gasteiger charge is 2.23. The third-order valence-electron chi connectivity index (χ3n) is 3.08. The highest BCUT2D eigenvalue weighted by molar-refractivity contribution is 5.70. The molecule has 4 nitrogen and oxygen atoms in total. The number of aliphatic hydroxyl groups is 1. The number of para-hydroxylation sites is 1. The summed E-state index contributed by atoms with van der Waals surface area (Å²) in [7, 11) is 0. The molecular weight excluding hydrogens is 218 g/mol. The van der Waals surface area contributed by atoms with Crippen molar-refractivity contribution in [3.8, 4) is 5.75 Å². The van der Waals surface area contributed by atoms with Crippen LogP contribution in [0.1, 0.15) is 12.8 Å². The van der Waals surface area contributed by atoms with Crippen LogP contribution in [0.4, 0.5) is 4.79 Å². The highest BCUT2D eigenvalue weighted by atomic mass is 16.6. The molecule has 0 aromatic heterocycles. The van der Waals surface area contributed by atoms with Gasteiger partial charge in [0.05, 0.1) is 0 Å². The number of hydrogen-bond acceptors (Lipinski definition) is 3. The molecule has 4 heteroatoms. The third-order valence-corrected chi connectivity index (χ3v) is 3.08. The van der Waals surface area contributed by atoms with Gasteiger partial charge in [-0.15, -0.1) is 0 Å². The Bertz CT molecular complexity index is 358. The predicted molar refractivity (Wildman–Crippen MR) is 63.8 cm³/mol. The first-order valence-corrected chi connectivity index (χ1v) is 5.92. The van der Waals surface area contributed by atoms with Crippen molar-refractivity contribution in [3.63, 3.8) is 0 Å². The largest absolute Gasteiger partial charge is 0.415 e. The summed E-state index contributed by atoms with van der Waals surface area (Å²) in [5.74, 6) is 0.901. The van der Waals surface area contributed by atoms with Gasteiger partial charge < -0.3 is 14.7 Å². The molecule has 1 aliphatic rings. The lowest BCUT2D eigenvalue weighted by molar-refractivity contribution is 0.112. The molecule has 0 atom stereocenters. The number of aliphatic hydroxyl groups excluding tert-OH is 1. The normalized spacial score (nSPS) is 16.9. The summed E-state index contributed by atoms with van der Waals surface area (Å²) in [6, 6.07) is 9.07. The van der Waals surface area contributed by atoms with Gasteiger partial charge in [0, 0.05) is 19.7 Å². The Labute approximate surface area is 101 Å². The summed E-state index contributed by atoms with van der Waals surface area (Å²) in [5.41, 5.74) is 0. The van der Waals surface area contributed by atoms with Crippen molar-refractivity contribution >= 4 is 6.09 Å². The Hall–Kier alpha value is -1.55. The van der Waals surface area contributed by atoms with Gasteiger partial charge in [-0.3, -0.25) is 0 Å². The van der Waals surface area contributed by atoms with Crippen LogP contribution in [0.3, 0.4) is 0 Å². The maximum Gasteiger partial charge on any atom is 0.415 e. The summed E-state index contributed by atoms with van der Waals surface area (Å²) in [6.45, 7) is 1.54. The SMILES string of the molecule is O=C(Oc1ccccc1)N1CCC(CO)CC1. The minimum Gasteiger partial charge on any atom is -0.410 e. The van der Waals surface area contributed by atoms with Crippen molar-refractivity contribution in [3.05, 3.63) is 30.3 Å². The lowest BCUT2D eigenvalue weighted by atomic mass is 9.98.